The first-order valence-electron chi connectivity index (χ1n) is 16.7. The van der Waals surface area contributed by atoms with Gasteiger partial charge in [0.1, 0.15) is 17.1 Å². The summed E-state index contributed by atoms with van der Waals surface area (Å²) in [5, 5.41) is 3.90. The van der Waals surface area contributed by atoms with Crippen LogP contribution < -0.4 is 4.72 Å². The fraction of sp³-hybridized carbons (Fsp3) is 0.500. The van der Waals surface area contributed by atoms with E-state index >= 15 is 0 Å². The van der Waals surface area contributed by atoms with Crippen molar-refractivity contribution in [2.45, 2.75) is 110 Å². The number of aliphatic imine (C=N–C) groups is 1. The summed E-state index contributed by atoms with van der Waals surface area (Å²) < 4.78 is 35.4. The highest BCUT2D eigenvalue weighted by Gasteiger charge is 2.49. The van der Waals surface area contributed by atoms with E-state index in [9.17, 15) is 18.0 Å². The van der Waals surface area contributed by atoms with Crippen molar-refractivity contribution in [1.29, 1.82) is 0 Å². The number of carbonyl (C=O) groups is 2. The largest absolute Gasteiger partial charge is 0.359 e. The van der Waals surface area contributed by atoms with Gasteiger partial charge >= 0.3 is 0 Å². The molecule has 2 aliphatic heterocycles. The predicted molar refractivity (Wildman–Crippen MR) is 181 cm³/mol. The fourth-order valence-electron chi connectivity index (χ4n) is 7.17. The van der Waals surface area contributed by atoms with E-state index in [1.165, 1.54) is 0 Å². The third-order valence-corrected chi connectivity index (χ3v) is 11.2. The van der Waals surface area contributed by atoms with E-state index in [2.05, 4.69) is 30.6 Å². The molecule has 250 valence electrons. The third-order valence-electron chi connectivity index (χ3n) is 9.81. The second-order valence-corrected chi connectivity index (χ2v) is 15.8. The highest BCUT2D eigenvalue weighted by atomic mass is 32.2. The molecule has 1 spiro atoms. The van der Waals surface area contributed by atoms with Crippen molar-refractivity contribution in [3.63, 3.8) is 0 Å². The molecule has 0 radical (unpaired) electrons. The molecule has 1 N–H and O–H groups in total. The van der Waals surface area contributed by atoms with Gasteiger partial charge in [0.05, 0.1) is 11.4 Å². The number of aryl methyl sites for hydroxylation is 1. The quantitative estimate of drug-likeness (QED) is 0.243. The lowest BCUT2D eigenvalue weighted by molar-refractivity contribution is -0.131. The highest BCUT2D eigenvalue weighted by molar-refractivity contribution is 7.92. The Bertz CT molecular complexity index is 1840. The van der Waals surface area contributed by atoms with Crippen LogP contribution in [-0.2, 0) is 32.7 Å². The van der Waals surface area contributed by atoms with Crippen molar-refractivity contribution >= 4 is 33.5 Å². The number of aromatic nitrogens is 1. The molecule has 3 heterocycles. The van der Waals surface area contributed by atoms with Gasteiger partial charge in [-0.1, -0.05) is 81.6 Å². The number of nitrogens with zero attached hydrogens (tertiary/aromatic N) is 4. The zero-order valence-electron chi connectivity index (χ0n) is 28.1. The van der Waals surface area contributed by atoms with Gasteiger partial charge < -0.3 is 9.42 Å². The number of likely N-dealkylation sites (tertiary alicyclic amines) is 1. The van der Waals surface area contributed by atoms with Gasteiger partial charge in [0, 0.05) is 37.1 Å². The minimum Gasteiger partial charge on any atom is -0.359 e. The smallest absolute Gasteiger partial charge is 0.263 e. The Kier molecular flexibility index (Phi) is 8.80. The van der Waals surface area contributed by atoms with E-state index in [0.29, 0.717) is 48.5 Å². The van der Waals surface area contributed by atoms with E-state index in [0.717, 1.165) is 61.9 Å². The average Bonchev–Trinajstić information content (AvgIpc) is 3.76. The summed E-state index contributed by atoms with van der Waals surface area (Å²) in [5.41, 5.74) is 2.78. The van der Waals surface area contributed by atoms with Gasteiger partial charge in [0.2, 0.25) is 5.91 Å². The number of anilines is 1. The van der Waals surface area contributed by atoms with Gasteiger partial charge in [-0.15, -0.1) is 0 Å². The van der Waals surface area contributed by atoms with Gasteiger partial charge in [-0.05, 0) is 61.3 Å². The monoisotopic (exact) mass is 659 g/mol. The van der Waals surface area contributed by atoms with Crippen LogP contribution in [0.15, 0.2) is 56.9 Å². The number of nitrogens with one attached hydrogen (secondary N) is 1. The summed E-state index contributed by atoms with van der Waals surface area (Å²) in [4.78, 5) is 35.9. The van der Waals surface area contributed by atoms with Gasteiger partial charge in [-0.3, -0.25) is 24.2 Å². The van der Waals surface area contributed by atoms with Crippen LogP contribution in [0.3, 0.4) is 0 Å². The maximum Gasteiger partial charge on any atom is 0.263 e. The first-order chi connectivity index (χ1) is 22.3. The molecular formula is C36H45N5O5S. The van der Waals surface area contributed by atoms with E-state index in [1.54, 1.807) is 32.0 Å². The Morgan fingerprint density at radius 3 is 2.40 bits per heavy atom. The van der Waals surface area contributed by atoms with Gasteiger partial charge in [-0.25, -0.2) is 8.42 Å². The molecule has 11 heteroatoms. The molecule has 1 saturated carbocycles. The van der Waals surface area contributed by atoms with Crippen molar-refractivity contribution < 1.29 is 22.5 Å². The molecule has 6 rings (SSSR count). The average molecular weight is 660 g/mol. The Morgan fingerprint density at radius 1 is 1.00 bits per heavy atom. The van der Waals surface area contributed by atoms with Crippen LogP contribution in [0.1, 0.15) is 94.6 Å². The van der Waals surface area contributed by atoms with Crippen molar-refractivity contribution in [3.8, 4) is 11.1 Å². The number of amides is 2. The van der Waals surface area contributed by atoms with Crippen molar-refractivity contribution in [3.05, 3.63) is 64.9 Å². The molecule has 1 saturated heterocycles. The molecule has 0 bridgehead atoms. The molecule has 3 aromatic rings. The second-order valence-electron chi connectivity index (χ2n) is 14.2. The summed E-state index contributed by atoms with van der Waals surface area (Å²) in [6.45, 7) is 11.1. The number of unbranched alkanes of at least 4 members (excludes halogenated alkanes) is 1. The lowest BCUT2D eigenvalue weighted by Crippen LogP contribution is -2.40. The van der Waals surface area contributed by atoms with Crippen LogP contribution in [0.5, 0.6) is 0 Å². The summed E-state index contributed by atoms with van der Waals surface area (Å²) >= 11 is 0. The topological polar surface area (TPSA) is 125 Å². The summed E-state index contributed by atoms with van der Waals surface area (Å²) in [6, 6.07) is 12.8. The van der Waals surface area contributed by atoms with Crippen molar-refractivity contribution in [1.82, 2.24) is 15.0 Å². The molecule has 47 heavy (non-hydrogen) atoms. The molecule has 10 nitrogen and oxygen atoms in total. The number of amidine groups is 1. The van der Waals surface area contributed by atoms with Gasteiger partial charge in [0.25, 0.3) is 15.9 Å². The molecule has 1 aliphatic carbocycles. The molecule has 2 amide bonds. The maximum atomic E-state index is 13.9. The Labute approximate surface area is 277 Å². The standard InChI is InChI=1S/C36H45N5O5S/c1-6-7-14-31-37-36(17-10-11-18-36)34(43)41(31)21-26-15-16-28(27(19-26)22-40-23-35(4,5)20-32(40)42)29-12-8-9-13-30(29)47(44,45)39-33-24(2)25(3)46-38-33/h8-9,12-13,15-16,19H,6-7,10-11,14,17-18,20-23H2,1-5H3,(H,38,39). The molecule has 1 aromatic heterocycles. The normalized spacial score (nSPS) is 18.9. The second kappa shape index (κ2) is 12.6. The van der Waals surface area contributed by atoms with Crippen LogP contribution in [0.4, 0.5) is 5.82 Å². The molecule has 2 fully saturated rings. The van der Waals surface area contributed by atoms with Crippen molar-refractivity contribution in [2.75, 3.05) is 11.3 Å². The Hall–Kier alpha value is -3.99. The minimum absolute atomic E-state index is 0.0673. The Morgan fingerprint density at radius 2 is 1.74 bits per heavy atom. The first kappa shape index (κ1) is 32.9. The first-order valence-corrected chi connectivity index (χ1v) is 18.2. The van der Waals surface area contributed by atoms with Crippen LogP contribution in [-0.4, -0.2) is 53.1 Å². The van der Waals surface area contributed by atoms with Crippen molar-refractivity contribution in [2.24, 2.45) is 10.4 Å². The summed E-state index contributed by atoms with van der Waals surface area (Å²) in [5.74, 6) is 1.70. The summed E-state index contributed by atoms with van der Waals surface area (Å²) in [7, 11) is -4.06. The molecular weight excluding hydrogens is 614 g/mol. The minimum atomic E-state index is -4.06. The number of rotatable bonds is 11. The SMILES string of the molecule is CCCCC1=NC2(CCCC2)C(=O)N1Cc1ccc(-c2ccccc2S(=O)(=O)Nc2noc(C)c2C)c(CN2CC(C)(C)CC2=O)c1. The van der Waals surface area contributed by atoms with E-state index in [1.807, 2.05) is 34.1 Å². The van der Waals surface area contributed by atoms with E-state index < -0.39 is 15.6 Å². The van der Waals surface area contributed by atoms with Crippen LogP contribution in [0, 0.1) is 19.3 Å². The van der Waals surface area contributed by atoms with Crippen LogP contribution in [0.25, 0.3) is 11.1 Å². The zero-order chi connectivity index (χ0) is 33.6. The van der Waals surface area contributed by atoms with Crippen LogP contribution in [0.2, 0.25) is 0 Å². The van der Waals surface area contributed by atoms with Gasteiger partial charge in [0.15, 0.2) is 5.82 Å². The number of benzene rings is 2. The third kappa shape index (κ3) is 6.46. The van der Waals surface area contributed by atoms with E-state index in [-0.39, 0.29) is 27.9 Å². The maximum absolute atomic E-state index is 13.9. The number of hydrogen-bond acceptors (Lipinski definition) is 7. The lowest BCUT2D eigenvalue weighted by atomic mass is 9.93. The fourth-order valence-corrected chi connectivity index (χ4v) is 8.45. The number of hydrogen-bond donors (Lipinski definition) is 1. The predicted octanol–water partition coefficient (Wildman–Crippen LogP) is 6.76. The Balaban J connectivity index is 1.39. The lowest BCUT2D eigenvalue weighted by Gasteiger charge is -2.25. The molecule has 3 aliphatic rings. The molecule has 0 unspecified atom stereocenters. The number of carbonyl (C=O) groups excluding carboxylic acids is 2. The van der Waals surface area contributed by atoms with E-state index in [4.69, 9.17) is 9.52 Å². The summed E-state index contributed by atoms with van der Waals surface area (Å²) in [6.07, 6.45) is 6.79. The van der Waals surface area contributed by atoms with Gasteiger partial charge in [-0.2, -0.15) is 0 Å². The highest BCUT2D eigenvalue weighted by Crippen LogP contribution is 2.41. The molecule has 2 aromatic carbocycles. The van der Waals surface area contributed by atoms with Crippen LogP contribution >= 0.6 is 0 Å². The zero-order valence-corrected chi connectivity index (χ0v) is 28.9. The number of sulfonamides is 1. The molecule has 0 atom stereocenters.